The Morgan fingerprint density at radius 1 is 1.53 bits per heavy atom. The first-order valence-corrected chi connectivity index (χ1v) is 5.21. The number of alkyl halides is 3. The highest BCUT2D eigenvalue weighted by molar-refractivity contribution is 9.10. The van der Waals surface area contributed by atoms with Gasteiger partial charge >= 0.3 is 12.3 Å². The summed E-state index contributed by atoms with van der Waals surface area (Å²) in [5.41, 5.74) is 0.0354. The topological polar surface area (TPSA) is 48.4 Å². The lowest BCUT2D eigenvalue weighted by molar-refractivity contribution is -0.276. The molecule has 1 aromatic rings. The van der Waals surface area contributed by atoms with Gasteiger partial charge < -0.3 is 9.47 Å². The van der Waals surface area contributed by atoms with Gasteiger partial charge in [-0.15, -0.1) is 13.2 Å². The van der Waals surface area contributed by atoms with Crippen molar-refractivity contribution in [2.45, 2.75) is 13.3 Å². The molecular formula is C9H7BrF3NO3. The minimum atomic E-state index is -4.83. The van der Waals surface area contributed by atoms with E-state index in [4.69, 9.17) is 0 Å². The normalized spacial score (nSPS) is 11.1. The summed E-state index contributed by atoms with van der Waals surface area (Å²) in [6, 6.07) is 1.14. The van der Waals surface area contributed by atoms with Gasteiger partial charge in [0, 0.05) is 6.20 Å². The number of nitrogens with zero attached hydrogens (tertiary/aromatic N) is 1. The van der Waals surface area contributed by atoms with Crippen LogP contribution in [-0.4, -0.2) is 23.9 Å². The molecule has 0 unspecified atom stereocenters. The SMILES string of the molecule is CCOC(=O)c1cnc(OC(F)(F)F)c(Br)c1. The molecule has 1 aromatic heterocycles. The second-order valence-electron chi connectivity index (χ2n) is 2.78. The number of pyridine rings is 1. The summed E-state index contributed by atoms with van der Waals surface area (Å²) in [6.45, 7) is 1.78. The van der Waals surface area contributed by atoms with Crippen molar-refractivity contribution in [1.82, 2.24) is 4.98 Å². The summed E-state index contributed by atoms with van der Waals surface area (Å²) in [5.74, 6) is -1.33. The summed E-state index contributed by atoms with van der Waals surface area (Å²) >= 11 is 2.82. The van der Waals surface area contributed by atoms with Gasteiger partial charge in [0.15, 0.2) is 0 Å². The Morgan fingerprint density at radius 2 is 2.18 bits per heavy atom. The van der Waals surface area contributed by atoms with Crippen molar-refractivity contribution in [3.8, 4) is 5.88 Å². The van der Waals surface area contributed by atoms with E-state index in [-0.39, 0.29) is 16.6 Å². The van der Waals surface area contributed by atoms with E-state index in [0.717, 1.165) is 12.3 Å². The molecule has 1 heterocycles. The van der Waals surface area contributed by atoms with Gasteiger partial charge in [0.2, 0.25) is 5.88 Å². The zero-order chi connectivity index (χ0) is 13.1. The maximum absolute atomic E-state index is 11.9. The number of carbonyl (C=O) groups is 1. The Morgan fingerprint density at radius 3 is 2.65 bits per heavy atom. The van der Waals surface area contributed by atoms with Crippen LogP contribution >= 0.6 is 15.9 Å². The average Bonchev–Trinajstić information content (AvgIpc) is 2.19. The molecule has 0 bridgehead atoms. The Hall–Kier alpha value is -1.31. The van der Waals surface area contributed by atoms with Crippen LogP contribution in [0.4, 0.5) is 13.2 Å². The molecule has 0 amide bonds. The van der Waals surface area contributed by atoms with E-state index in [1.54, 1.807) is 6.92 Å². The lowest BCUT2D eigenvalue weighted by Gasteiger charge is -2.09. The molecule has 94 valence electrons. The van der Waals surface area contributed by atoms with Crippen LogP contribution < -0.4 is 4.74 Å². The van der Waals surface area contributed by atoms with Crippen molar-refractivity contribution in [3.63, 3.8) is 0 Å². The first-order chi connectivity index (χ1) is 7.83. The van der Waals surface area contributed by atoms with Crippen molar-refractivity contribution in [2.24, 2.45) is 0 Å². The molecule has 0 N–H and O–H groups in total. The molecule has 0 saturated heterocycles. The number of halogens is 4. The smallest absolute Gasteiger partial charge is 0.462 e. The van der Waals surface area contributed by atoms with Crippen LogP contribution in [0.25, 0.3) is 0 Å². The lowest BCUT2D eigenvalue weighted by Crippen LogP contribution is -2.18. The van der Waals surface area contributed by atoms with Gasteiger partial charge in [-0.3, -0.25) is 0 Å². The standard InChI is InChI=1S/C9H7BrF3NO3/c1-2-16-8(15)5-3-6(10)7(14-4-5)17-9(11,12)13/h3-4H,2H2,1H3. The highest BCUT2D eigenvalue weighted by atomic mass is 79.9. The molecule has 17 heavy (non-hydrogen) atoms. The van der Waals surface area contributed by atoms with Crippen LogP contribution in [0.3, 0.4) is 0 Å². The van der Waals surface area contributed by atoms with Crippen molar-refractivity contribution in [1.29, 1.82) is 0 Å². The Kier molecular flexibility index (Phi) is 4.33. The van der Waals surface area contributed by atoms with E-state index in [1.165, 1.54) is 0 Å². The number of carbonyl (C=O) groups excluding carboxylic acids is 1. The van der Waals surface area contributed by atoms with Gasteiger partial charge in [-0.1, -0.05) is 0 Å². The molecule has 0 spiro atoms. The van der Waals surface area contributed by atoms with Gasteiger partial charge in [0.1, 0.15) is 0 Å². The highest BCUT2D eigenvalue weighted by Crippen LogP contribution is 2.28. The molecule has 0 radical (unpaired) electrons. The van der Waals surface area contributed by atoms with Gasteiger partial charge in [-0.2, -0.15) is 0 Å². The van der Waals surface area contributed by atoms with E-state index in [1.807, 2.05) is 0 Å². The minimum absolute atomic E-state index is 0.0354. The van der Waals surface area contributed by atoms with E-state index < -0.39 is 18.2 Å². The minimum Gasteiger partial charge on any atom is -0.462 e. The molecular weight excluding hydrogens is 307 g/mol. The fourth-order valence-corrected chi connectivity index (χ4v) is 1.37. The highest BCUT2D eigenvalue weighted by Gasteiger charge is 2.32. The summed E-state index contributed by atoms with van der Waals surface area (Å²) in [7, 11) is 0. The van der Waals surface area contributed by atoms with Crippen molar-refractivity contribution in [3.05, 3.63) is 22.3 Å². The Balaban J connectivity index is 2.90. The van der Waals surface area contributed by atoms with Gasteiger partial charge in [-0.25, -0.2) is 9.78 Å². The number of aromatic nitrogens is 1. The van der Waals surface area contributed by atoms with E-state index in [2.05, 4.69) is 30.4 Å². The van der Waals surface area contributed by atoms with Gasteiger partial charge in [0.05, 0.1) is 16.6 Å². The number of rotatable bonds is 3. The third-order valence-corrected chi connectivity index (χ3v) is 2.10. The molecule has 4 nitrogen and oxygen atoms in total. The van der Waals surface area contributed by atoms with E-state index >= 15 is 0 Å². The first kappa shape index (κ1) is 13.8. The average molecular weight is 314 g/mol. The largest absolute Gasteiger partial charge is 0.574 e. The third-order valence-electron chi connectivity index (χ3n) is 1.53. The monoisotopic (exact) mass is 313 g/mol. The second-order valence-corrected chi connectivity index (χ2v) is 3.63. The van der Waals surface area contributed by atoms with Gasteiger partial charge in [0.25, 0.3) is 0 Å². The van der Waals surface area contributed by atoms with E-state index in [0.29, 0.717) is 0 Å². The molecule has 0 atom stereocenters. The van der Waals surface area contributed by atoms with Crippen LogP contribution in [-0.2, 0) is 4.74 Å². The fourth-order valence-electron chi connectivity index (χ4n) is 0.936. The molecule has 0 aromatic carbocycles. The molecule has 0 aliphatic rings. The van der Waals surface area contributed by atoms with Gasteiger partial charge in [-0.05, 0) is 28.9 Å². The quantitative estimate of drug-likeness (QED) is 0.805. The van der Waals surface area contributed by atoms with Crippen LogP contribution in [0, 0.1) is 0 Å². The van der Waals surface area contributed by atoms with E-state index in [9.17, 15) is 18.0 Å². The summed E-state index contributed by atoms with van der Waals surface area (Å²) < 4.78 is 44.0. The zero-order valence-electron chi connectivity index (χ0n) is 8.55. The molecule has 0 aliphatic carbocycles. The fraction of sp³-hybridized carbons (Fsp3) is 0.333. The van der Waals surface area contributed by atoms with Crippen LogP contribution in [0.5, 0.6) is 5.88 Å². The first-order valence-electron chi connectivity index (χ1n) is 4.42. The molecule has 0 fully saturated rings. The molecule has 0 saturated carbocycles. The third kappa shape index (κ3) is 4.22. The predicted molar refractivity (Wildman–Crippen MR) is 54.6 cm³/mol. The maximum Gasteiger partial charge on any atom is 0.574 e. The number of esters is 1. The van der Waals surface area contributed by atoms with Crippen LogP contribution in [0.1, 0.15) is 17.3 Å². The summed E-state index contributed by atoms with van der Waals surface area (Å²) in [6.07, 6.45) is -3.88. The Labute approximate surface area is 103 Å². The Bertz CT molecular complexity index is 422. The number of ether oxygens (including phenoxy) is 2. The number of hydrogen-bond acceptors (Lipinski definition) is 4. The zero-order valence-corrected chi connectivity index (χ0v) is 10.1. The van der Waals surface area contributed by atoms with Crippen molar-refractivity contribution < 1.29 is 27.4 Å². The second kappa shape index (κ2) is 5.35. The van der Waals surface area contributed by atoms with Crippen molar-refractivity contribution >= 4 is 21.9 Å². The number of hydrogen-bond donors (Lipinski definition) is 0. The van der Waals surface area contributed by atoms with Crippen molar-refractivity contribution in [2.75, 3.05) is 6.61 Å². The molecule has 1 rings (SSSR count). The molecule has 0 aliphatic heterocycles. The summed E-state index contributed by atoms with van der Waals surface area (Å²) in [4.78, 5) is 14.6. The predicted octanol–water partition coefficient (Wildman–Crippen LogP) is 2.92. The van der Waals surface area contributed by atoms with Crippen LogP contribution in [0.2, 0.25) is 0 Å². The van der Waals surface area contributed by atoms with Crippen LogP contribution in [0.15, 0.2) is 16.7 Å². The lowest BCUT2D eigenvalue weighted by atomic mass is 10.3. The molecule has 8 heteroatoms. The maximum atomic E-state index is 11.9. The summed E-state index contributed by atoms with van der Waals surface area (Å²) in [5, 5.41) is 0.